The largest absolute Gasteiger partial charge is 1.00 e. The summed E-state index contributed by atoms with van der Waals surface area (Å²) in [6, 6.07) is 7.22. The molecule has 0 unspecified atom stereocenters. The number of carboxylic acids is 1. The zero-order valence-corrected chi connectivity index (χ0v) is 10.3. The third-order valence-electron chi connectivity index (χ3n) is 1.72. The average Bonchev–Trinajstić information content (AvgIpc) is 2.08. The first-order valence-electron chi connectivity index (χ1n) is 3.91. The van der Waals surface area contributed by atoms with Gasteiger partial charge in [-0.25, -0.2) is 4.79 Å². The summed E-state index contributed by atoms with van der Waals surface area (Å²) in [5, 5.41) is 8.35. The molecule has 0 aliphatic carbocycles. The maximum Gasteiger partial charge on any atom is 1.00 e. The summed E-state index contributed by atoms with van der Waals surface area (Å²) >= 11 is 0. The van der Waals surface area contributed by atoms with Crippen molar-refractivity contribution in [3.05, 3.63) is 35.4 Å². The van der Waals surface area contributed by atoms with Gasteiger partial charge in [0, 0.05) is 6.42 Å². The molecule has 0 aliphatic heterocycles. The molecular formula is C10H11NaO3. The van der Waals surface area contributed by atoms with E-state index in [9.17, 15) is 9.59 Å². The van der Waals surface area contributed by atoms with Crippen molar-refractivity contribution in [2.24, 2.45) is 0 Å². The molecule has 1 rings (SSSR count). The number of carbonyl (C=O) groups is 2. The summed E-state index contributed by atoms with van der Waals surface area (Å²) in [4.78, 5) is 21.0. The second kappa shape index (κ2) is 5.96. The maximum atomic E-state index is 10.8. The van der Waals surface area contributed by atoms with Crippen molar-refractivity contribution in [3.63, 3.8) is 0 Å². The number of ketones is 1. The van der Waals surface area contributed by atoms with Gasteiger partial charge in [-0.1, -0.05) is 29.8 Å². The van der Waals surface area contributed by atoms with Gasteiger partial charge >= 0.3 is 35.5 Å². The van der Waals surface area contributed by atoms with Gasteiger partial charge in [-0.15, -0.1) is 0 Å². The number of carbonyl (C=O) groups excluding carboxylic acids is 1. The van der Waals surface area contributed by atoms with Crippen LogP contribution in [-0.2, 0) is 16.0 Å². The molecule has 3 nitrogen and oxygen atoms in total. The van der Waals surface area contributed by atoms with Gasteiger partial charge in [0.05, 0.1) is 0 Å². The average molecular weight is 202 g/mol. The normalized spacial score (nSPS) is 8.93. The predicted octanol–water partition coefficient (Wildman–Crippen LogP) is -1.69. The predicted molar refractivity (Wildman–Crippen MR) is 48.6 cm³/mol. The number of hydrogen-bond acceptors (Lipinski definition) is 2. The summed E-state index contributed by atoms with van der Waals surface area (Å²) in [7, 11) is 0. The Balaban J connectivity index is 0. The zero-order chi connectivity index (χ0) is 9.84. The number of carboxylic acid groups (broad SMARTS) is 1. The van der Waals surface area contributed by atoms with Gasteiger partial charge in [0.2, 0.25) is 5.78 Å². The Morgan fingerprint density at radius 1 is 1.29 bits per heavy atom. The molecule has 0 atom stereocenters. The third kappa shape index (κ3) is 4.05. The molecule has 0 saturated carbocycles. The zero-order valence-electron chi connectivity index (χ0n) is 9.28. The van der Waals surface area contributed by atoms with Crippen LogP contribution in [0.15, 0.2) is 24.3 Å². The van der Waals surface area contributed by atoms with Crippen molar-refractivity contribution in [1.29, 1.82) is 0 Å². The Hall–Kier alpha value is -0.640. The van der Waals surface area contributed by atoms with Crippen molar-refractivity contribution in [3.8, 4) is 0 Å². The molecule has 0 amide bonds. The Morgan fingerprint density at radius 3 is 2.21 bits per heavy atom. The van der Waals surface area contributed by atoms with Gasteiger partial charge in [-0.05, 0) is 12.5 Å². The molecular weight excluding hydrogens is 191 g/mol. The van der Waals surface area contributed by atoms with Crippen molar-refractivity contribution in [2.75, 3.05) is 0 Å². The maximum absolute atomic E-state index is 10.8. The molecule has 1 aromatic carbocycles. The van der Waals surface area contributed by atoms with Crippen LogP contribution in [0.3, 0.4) is 0 Å². The third-order valence-corrected chi connectivity index (χ3v) is 1.72. The Kier molecular flexibility index (Phi) is 5.69. The molecule has 4 heteroatoms. The SMILES string of the molecule is Cc1ccc(CC(=O)C(=O)O)cc1.[H-].[Na+]. The van der Waals surface area contributed by atoms with E-state index < -0.39 is 11.8 Å². The number of aryl methyl sites for hydroxylation is 1. The van der Waals surface area contributed by atoms with Crippen LogP contribution in [0.5, 0.6) is 0 Å². The van der Waals surface area contributed by atoms with E-state index in [0.717, 1.165) is 11.1 Å². The van der Waals surface area contributed by atoms with Gasteiger partial charge in [0.25, 0.3) is 0 Å². The first kappa shape index (κ1) is 13.4. The monoisotopic (exact) mass is 202 g/mol. The molecule has 0 aromatic heterocycles. The van der Waals surface area contributed by atoms with E-state index in [-0.39, 0.29) is 37.4 Å². The molecule has 14 heavy (non-hydrogen) atoms. The Bertz CT molecular complexity index is 335. The van der Waals surface area contributed by atoms with E-state index in [2.05, 4.69) is 0 Å². The van der Waals surface area contributed by atoms with Crippen molar-refractivity contribution < 1.29 is 45.7 Å². The summed E-state index contributed by atoms with van der Waals surface area (Å²) in [5.41, 5.74) is 1.82. The quantitative estimate of drug-likeness (QED) is 0.470. The molecule has 0 spiro atoms. The van der Waals surface area contributed by atoms with Gasteiger partial charge in [0.15, 0.2) is 0 Å². The van der Waals surface area contributed by atoms with Gasteiger partial charge < -0.3 is 6.53 Å². The van der Waals surface area contributed by atoms with Crippen molar-refractivity contribution in [1.82, 2.24) is 0 Å². The molecule has 0 fully saturated rings. The summed E-state index contributed by atoms with van der Waals surface area (Å²) in [5.74, 6) is -2.15. The van der Waals surface area contributed by atoms with Crippen LogP contribution in [0.1, 0.15) is 12.6 Å². The smallest absolute Gasteiger partial charge is 1.00 e. The van der Waals surface area contributed by atoms with Crippen molar-refractivity contribution >= 4 is 11.8 Å². The summed E-state index contributed by atoms with van der Waals surface area (Å²) in [6.45, 7) is 1.93. The molecule has 70 valence electrons. The second-order valence-electron chi connectivity index (χ2n) is 2.89. The van der Waals surface area contributed by atoms with E-state index in [1.165, 1.54) is 0 Å². The van der Waals surface area contributed by atoms with Crippen LogP contribution >= 0.6 is 0 Å². The van der Waals surface area contributed by atoms with Crippen LogP contribution in [0.4, 0.5) is 0 Å². The van der Waals surface area contributed by atoms with Crippen LogP contribution in [-0.4, -0.2) is 16.9 Å². The number of hydrogen-bond donors (Lipinski definition) is 1. The van der Waals surface area contributed by atoms with E-state index in [1.807, 2.05) is 19.1 Å². The first-order valence-corrected chi connectivity index (χ1v) is 3.91. The number of Topliss-reactive ketones (excluding diaryl/α,β-unsaturated/α-hetero) is 1. The first-order chi connectivity index (χ1) is 6.09. The molecule has 0 radical (unpaired) electrons. The van der Waals surface area contributed by atoms with Crippen molar-refractivity contribution in [2.45, 2.75) is 13.3 Å². The minimum absolute atomic E-state index is 0. The van der Waals surface area contributed by atoms with Gasteiger partial charge in [-0.3, -0.25) is 4.79 Å². The fraction of sp³-hybridized carbons (Fsp3) is 0.200. The van der Waals surface area contributed by atoms with Crippen LogP contribution in [0, 0.1) is 6.92 Å². The van der Waals surface area contributed by atoms with E-state index in [0.29, 0.717) is 0 Å². The number of rotatable bonds is 3. The number of benzene rings is 1. The van der Waals surface area contributed by atoms with E-state index in [4.69, 9.17) is 5.11 Å². The molecule has 1 N–H and O–H groups in total. The molecule has 0 aliphatic rings. The van der Waals surface area contributed by atoms with Crippen LogP contribution in [0.2, 0.25) is 0 Å². The van der Waals surface area contributed by atoms with E-state index >= 15 is 0 Å². The van der Waals surface area contributed by atoms with Gasteiger partial charge in [-0.2, -0.15) is 0 Å². The molecule has 0 bridgehead atoms. The number of aliphatic carboxylic acids is 1. The Morgan fingerprint density at radius 2 is 1.79 bits per heavy atom. The standard InChI is InChI=1S/C10H10O3.Na.H/c1-7-2-4-8(5-3-7)6-9(11)10(12)13;;/h2-5H,6H2,1H3,(H,12,13);;/q;+1;-1. The fourth-order valence-electron chi connectivity index (χ4n) is 0.967. The second-order valence-corrected chi connectivity index (χ2v) is 2.89. The minimum atomic E-state index is -1.37. The summed E-state index contributed by atoms with van der Waals surface area (Å²) < 4.78 is 0. The minimum Gasteiger partial charge on any atom is -1.00 e. The van der Waals surface area contributed by atoms with Crippen LogP contribution < -0.4 is 29.6 Å². The molecule has 1 aromatic rings. The van der Waals surface area contributed by atoms with Gasteiger partial charge in [0.1, 0.15) is 0 Å². The van der Waals surface area contributed by atoms with Crippen LogP contribution in [0.25, 0.3) is 0 Å². The fourth-order valence-corrected chi connectivity index (χ4v) is 0.967. The molecule has 0 heterocycles. The van der Waals surface area contributed by atoms with E-state index in [1.54, 1.807) is 12.1 Å². The Labute approximate surface area is 106 Å². The summed E-state index contributed by atoms with van der Waals surface area (Å²) in [6.07, 6.45) is -0.0321. The topological polar surface area (TPSA) is 54.4 Å². The molecule has 0 saturated heterocycles.